The van der Waals surface area contributed by atoms with Gasteiger partial charge in [-0.05, 0) is 56.0 Å². The number of fused-ring (bicyclic) bond motifs is 1. The Morgan fingerprint density at radius 3 is 2.51 bits per heavy atom. The van der Waals surface area contributed by atoms with Crippen LogP contribution in [0.15, 0.2) is 36.5 Å². The summed E-state index contributed by atoms with van der Waals surface area (Å²) in [7, 11) is 0. The number of nitrogens with zero attached hydrogens (tertiary/aromatic N) is 1. The molecule has 35 heavy (non-hydrogen) atoms. The van der Waals surface area contributed by atoms with Gasteiger partial charge in [-0.25, -0.2) is 0 Å². The van der Waals surface area contributed by atoms with E-state index in [4.69, 9.17) is 16.3 Å². The van der Waals surface area contributed by atoms with E-state index >= 15 is 0 Å². The summed E-state index contributed by atoms with van der Waals surface area (Å²) in [6, 6.07) is 6.95. The second-order valence-electron chi connectivity index (χ2n) is 8.85. The maximum absolute atomic E-state index is 12.7. The third-order valence-corrected chi connectivity index (χ3v) is 6.61. The van der Waals surface area contributed by atoms with Crippen molar-refractivity contribution in [1.82, 2.24) is 15.6 Å². The SMILES string of the molecule is O=C(N[C@H]1CC[C@H](C(=O)NCc2ccc(C(F)(F)F)cn2)CC1)[C@H]1C[C@H](O)c2cc(Cl)ccc2O1. The lowest BCUT2D eigenvalue weighted by atomic mass is 9.85. The number of hydrogen-bond donors (Lipinski definition) is 3. The first kappa shape index (κ1) is 25.2. The van der Waals surface area contributed by atoms with Crippen molar-refractivity contribution in [2.75, 3.05) is 0 Å². The summed E-state index contributed by atoms with van der Waals surface area (Å²) < 4.78 is 43.6. The van der Waals surface area contributed by atoms with E-state index in [1.54, 1.807) is 18.2 Å². The number of aliphatic hydroxyl groups is 1. The van der Waals surface area contributed by atoms with E-state index in [-0.39, 0.29) is 36.7 Å². The molecule has 2 amide bonds. The topological polar surface area (TPSA) is 101 Å². The lowest BCUT2D eigenvalue weighted by Crippen LogP contribution is -2.47. The molecule has 1 aromatic carbocycles. The lowest BCUT2D eigenvalue weighted by molar-refractivity contribution is -0.138. The number of hydrogen-bond acceptors (Lipinski definition) is 5. The Kier molecular flexibility index (Phi) is 7.51. The number of nitrogens with one attached hydrogen (secondary N) is 2. The maximum Gasteiger partial charge on any atom is 0.417 e. The molecule has 1 saturated carbocycles. The van der Waals surface area contributed by atoms with Crippen LogP contribution < -0.4 is 15.4 Å². The smallest absolute Gasteiger partial charge is 0.417 e. The Balaban J connectivity index is 1.22. The van der Waals surface area contributed by atoms with Gasteiger partial charge in [0.25, 0.3) is 5.91 Å². The van der Waals surface area contributed by atoms with E-state index in [1.165, 1.54) is 6.07 Å². The average Bonchev–Trinajstić information content (AvgIpc) is 2.83. The van der Waals surface area contributed by atoms with Crippen LogP contribution >= 0.6 is 11.6 Å². The highest BCUT2D eigenvalue weighted by Crippen LogP contribution is 2.36. The molecule has 1 fully saturated rings. The fourth-order valence-corrected chi connectivity index (χ4v) is 4.57. The van der Waals surface area contributed by atoms with Gasteiger partial charge in [-0.2, -0.15) is 13.2 Å². The molecule has 1 aromatic heterocycles. The lowest BCUT2D eigenvalue weighted by Gasteiger charge is -2.32. The number of pyridine rings is 1. The average molecular weight is 512 g/mol. The van der Waals surface area contributed by atoms with Crippen molar-refractivity contribution >= 4 is 23.4 Å². The minimum absolute atomic E-state index is 0.0433. The highest BCUT2D eigenvalue weighted by atomic mass is 35.5. The van der Waals surface area contributed by atoms with Gasteiger partial charge in [0.15, 0.2) is 6.10 Å². The Morgan fingerprint density at radius 2 is 1.86 bits per heavy atom. The minimum atomic E-state index is -4.45. The first-order chi connectivity index (χ1) is 16.6. The summed E-state index contributed by atoms with van der Waals surface area (Å²) in [5.41, 5.74) is 0.0556. The zero-order chi connectivity index (χ0) is 25.2. The van der Waals surface area contributed by atoms with Crippen LogP contribution in [0.4, 0.5) is 13.2 Å². The molecule has 2 aliphatic rings. The number of aromatic nitrogens is 1. The van der Waals surface area contributed by atoms with Crippen LogP contribution in [0.3, 0.4) is 0 Å². The molecule has 0 bridgehead atoms. The molecule has 7 nitrogen and oxygen atoms in total. The third-order valence-electron chi connectivity index (χ3n) is 6.37. The Bertz CT molecular complexity index is 1070. The summed E-state index contributed by atoms with van der Waals surface area (Å²) in [6.07, 6.45) is -2.94. The number of aliphatic hydroxyl groups excluding tert-OH is 1. The molecule has 188 valence electrons. The molecule has 11 heteroatoms. The normalized spacial score (nSPS) is 24.1. The fourth-order valence-electron chi connectivity index (χ4n) is 4.39. The van der Waals surface area contributed by atoms with Gasteiger partial charge in [-0.3, -0.25) is 14.6 Å². The van der Waals surface area contributed by atoms with Crippen LogP contribution in [-0.4, -0.2) is 34.1 Å². The maximum atomic E-state index is 12.7. The molecule has 2 atom stereocenters. The molecule has 1 aliphatic heterocycles. The second-order valence-corrected chi connectivity index (χ2v) is 9.29. The van der Waals surface area contributed by atoms with Gasteiger partial charge >= 0.3 is 6.18 Å². The zero-order valence-electron chi connectivity index (χ0n) is 18.6. The van der Waals surface area contributed by atoms with Crippen LogP contribution in [0, 0.1) is 5.92 Å². The number of amides is 2. The van der Waals surface area contributed by atoms with Gasteiger partial charge in [0.2, 0.25) is 5.91 Å². The largest absolute Gasteiger partial charge is 0.480 e. The fraction of sp³-hybridized carbons (Fsp3) is 0.458. The monoisotopic (exact) mass is 511 g/mol. The van der Waals surface area contributed by atoms with Crippen molar-refractivity contribution < 1.29 is 32.6 Å². The van der Waals surface area contributed by atoms with Gasteiger partial charge in [0, 0.05) is 35.2 Å². The molecule has 2 heterocycles. The number of carbonyl (C=O) groups excluding carboxylic acids is 2. The number of ether oxygens (including phenoxy) is 1. The number of benzene rings is 1. The first-order valence-electron chi connectivity index (χ1n) is 11.3. The number of rotatable bonds is 5. The van der Waals surface area contributed by atoms with Crippen molar-refractivity contribution in [2.24, 2.45) is 5.92 Å². The van der Waals surface area contributed by atoms with E-state index in [0.717, 1.165) is 12.3 Å². The summed E-state index contributed by atoms with van der Waals surface area (Å²) in [5, 5.41) is 16.5. The van der Waals surface area contributed by atoms with Crippen LogP contribution in [-0.2, 0) is 22.3 Å². The predicted octanol–water partition coefficient (Wildman–Crippen LogP) is 3.93. The number of halogens is 4. The molecule has 0 spiro atoms. The molecule has 4 rings (SSSR count). The summed E-state index contributed by atoms with van der Waals surface area (Å²) in [5.74, 6) is -0.324. The van der Waals surface area contributed by atoms with Crippen molar-refractivity contribution in [3.8, 4) is 5.75 Å². The summed E-state index contributed by atoms with van der Waals surface area (Å²) in [4.78, 5) is 29.0. The van der Waals surface area contributed by atoms with Gasteiger partial charge in [-0.15, -0.1) is 0 Å². The second kappa shape index (κ2) is 10.4. The molecular weight excluding hydrogens is 487 g/mol. The standard InChI is InChI=1S/C24H25ClF3N3O4/c25-15-4-8-20-18(9-15)19(32)10-21(35-20)23(34)31-16-5-1-13(2-6-16)22(33)30-12-17-7-3-14(11-29-17)24(26,27)28/h3-4,7-9,11,13,16,19,21,32H,1-2,5-6,10,12H2,(H,30,33)(H,31,34)/t13-,16-,19-,21+/m0/s1. The van der Waals surface area contributed by atoms with Crippen molar-refractivity contribution in [2.45, 2.75) is 63.1 Å². The molecule has 3 N–H and O–H groups in total. The Morgan fingerprint density at radius 1 is 1.11 bits per heavy atom. The van der Waals surface area contributed by atoms with E-state index < -0.39 is 23.9 Å². The Hall–Kier alpha value is -2.85. The number of alkyl halides is 3. The summed E-state index contributed by atoms with van der Waals surface area (Å²) in [6.45, 7) is 0.0433. The Labute approximate surface area is 205 Å². The molecule has 1 aliphatic carbocycles. The van der Waals surface area contributed by atoms with E-state index in [2.05, 4.69) is 15.6 Å². The quantitative estimate of drug-likeness (QED) is 0.565. The van der Waals surface area contributed by atoms with Crippen molar-refractivity contribution in [3.05, 3.63) is 58.4 Å². The van der Waals surface area contributed by atoms with Gasteiger partial charge in [0.1, 0.15) is 5.75 Å². The minimum Gasteiger partial charge on any atom is -0.480 e. The number of carbonyl (C=O) groups is 2. The predicted molar refractivity (Wildman–Crippen MR) is 120 cm³/mol. The van der Waals surface area contributed by atoms with Crippen LogP contribution in [0.5, 0.6) is 5.75 Å². The molecule has 0 radical (unpaired) electrons. The van der Waals surface area contributed by atoms with Crippen molar-refractivity contribution in [1.29, 1.82) is 0 Å². The molecular formula is C24H25ClF3N3O4. The molecule has 0 unspecified atom stereocenters. The summed E-state index contributed by atoms with van der Waals surface area (Å²) >= 11 is 5.96. The van der Waals surface area contributed by atoms with E-state index in [1.807, 2.05) is 0 Å². The van der Waals surface area contributed by atoms with Gasteiger partial charge in [0.05, 0.1) is 23.9 Å². The highest BCUT2D eigenvalue weighted by molar-refractivity contribution is 6.30. The van der Waals surface area contributed by atoms with Crippen LogP contribution in [0.1, 0.15) is 55.0 Å². The third kappa shape index (κ3) is 6.24. The first-order valence-corrected chi connectivity index (χ1v) is 11.7. The van der Waals surface area contributed by atoms with E-state index in [9.17, 15) is 27.9 Å². The highest BCUT2D eigenvalue weighted by Gasteiger charge is 2.34. The molecule has 2 aromatic rings. The zero-order valence-corrected chi connectivity index (χ0v) is 19.4. The van der Waals surface area contributed by atoms with E-state index in [0.29, 0.717) is 47.7 Å². The van der Waals surface area contributed by atoms with Gasteiger partial charge < -0.3 is 20.5 Å². The molecule has 0 saturated heterocycles. The van der Waals surface area contributed by atoms with Gasteiger partial charge in [-0.1, -0.05) is 11.6 Å². The van der Waals surface area contributed by atoms with Crippen LogP contribution in [0.2, 0.25) is 5.02 Å². The van der Waals surface area contributed by atoms with Crippen LogP contribution in [0.25, 0.3) is 0 Å². The van der Waals surface area contributed by atoms with Crippen molar-refractivity contribution in [3.63, 3.8) is 0 Å².